The van der Waals surface area contributed by atoms with Crippen LogP contribution in [0.3, 0.4) is 0 Å². The fourth-order valence-electron chi connectivity index (χ4n) is 3.83. The van der Waals surface area contributed by atoms with Crippen LogP contribution in [0, 0.1) is 0 Å². The maximum absolute atomic E-state index is 13.1. The summed E-state index contributed by atoms with van der Waals surface area (Å²) in [6.45, 7) is 0. The van der Waals surface area contributed by atoms with Crippen LogP contribution in [0.1, 0.15) is 33.1 Å². The summed E-state index contributed by atoms with van der Waals surface area (Å²) in [6, 6.07) is 9.73. The number of aromatic nitrogens is 1. The van der Waals surface area contributed by atoms with Crippen LogP contribution in [0.15, 0.2) is 48.8 Å². The molecule has 0 radical (unpaired) electrons. The molecule has 4 rings (SSSR count). The summed E-state index contributed by atoms with van der Waals surface area (Å²) in [5, 5.41) is 10.9. The largest absolute Gasteiger partial charge is 0.506 e. The van der Waals surface area contributed by atoms with E-state index in [1.54, 1.807) is 56.7 Å². The molecular weight excluding hydrogens is 416 g/mol. The molecule has 0 saturated heterocycles. The van der Waals surface area contributed by atoms with Crippen LogP contribution in [0.4, 0.5) is 0 Å². The third kappa shape index (κ3) is 3.35. The van der Waals surface area contributed by atoms with Crippen LogP contribution in [-0.4, -0.2) is 66.1 Å². The van der Waals surface area contributed by atoms with Gasteiger partial charge in [-0.25, -0.2) is 0 Å². The lowest BCUT2D eigenvalue weighted by molar-refractivity contribution is 0.0827. The molecule has 1 unspecified atom stereocenters. The van der Waals surface area contributed by atoms with Crippen molar-refractivity contribution in [2.75, 3.05) is 28.2 Å². The Morgan fingerprint density at radius 2 is 1.84 bits per heavy atom. The van der Waals surface area contributed by atoms with E-state index in [9.17, 15) is 18.3 Å². The van der Waals surface area contributed by atoms with Gasteiger partial charge in [-0.05, 0) is 35.4 Å². The summed E-state index contributed by atoms with van der Waals surface area (Å²) in [5.74, 6) is -0.0441. The number of carbonyl (C=O) groups excluding carboxylic acids is 1. The lowest BCUT2D eigenvalue weighted by Crippen LogP contribution is -2.40. The molecule has 2 aromatic carbocycles. The first kappa shape index (κ1) is 21.0. The fraction of sp³-hybridized carbons (Fsp3) is 0.227. The number of amides is 1. The van der Waals surface area contributed by atoms with Crippen molar-refractivity contribution in [3.05, 3.63) is 71.0 Å². The van der Waals surface area contributed by atoms with Crippen molar-refractivity contribution in [1.29, 1.82) is 0 Å². The van der Waals surface area contributed by atoms with Gasteiger partial charge in [0.15, 0.2) is 0 Å². The first-order valence-corrected chi connectivity index (χ1v) is 11.1. The molecule has 1 amide bonds. The monoisotopic (exact) mass is 440 g/mol. The zero-order valence-corrected chi connectivity index (χ0v) is 18.5. The highest BCUT2D eigenvalue weighted by Crippen LogP contribution is 2.42. The molecular formula is C22H24N4O4S. The number of hydrogen-bond donors (Lipinski definition) is 2. The summed E-state index contributed by atoms with van der Waals surface area (Å²) in [6.07, 6.45) is 4.94. The number of phenolic OH excluding ortho intramolecular Hbond substituents is 1. The number of benzene rings is 2. The molecule has 0 aliphatic carbocycles. The molecule has 2 heterocycles. The number of aromatic hydroxyl groups is 1. The molecule has 0 fully saturated rings. The molecule has 1 aliphatic heterocycles. The molecule has 0 bridgehead atoms. The average Bonchev–Trinajstić information content (AvgIpc) is 3.16. The first-order valence-electron chi connectivity index (χ1n) is 9.66. The zero-order valence-electron chi connectivity index (χ0n) is 17.7. The highest BCUT2D eigenvalue weighted by molar-refractivity contribution is 7.86. The van der Waals surface area contributed by atoms with E-state index < -0.39 is 16.3 Å². The van der Waals surface area contributed by atoms with Gasteiger partial charge in [-0.2, -0.15) is 12.7 Å². The molecule has 1 aliphatic rings. The normalized spacial score (nSPS) is 16.0. The minimum Gasteiger partial charge on any atom is -0.506 e. The van der Waals surface area contributed by atoms with Gasteiger partial charge in [0, 0.05) is 57.1 Å². The van der Waals surface area contributed by atoms with Gasteiger partial charge < -0.3 is 15.0 Å². The number of rotatable bonds is 4. The smallest absolute Gasteiger partial charge is 0.303 e. The Balaban J connectivity index is 1.95. The van der Waals surface area contributed by atoms with Gasteiger partial charge in [0.2, 0.25) is 0 Å². The standard InChI is InChI=1S/C22H24N4O4S/c1-24(2)22(28)15-8-9-16-14(12-15)10-11-26(31(29,30)25(3)4)21(16)18-13-23-20-17(18)6-5-7-19(20)27/h5-13,21,23,27H,1-4H3. The van der Waals surface area contributed by atoms with E-state index in [0.717, 1.165) is 20.8 Å². The molecule has 9 heteroatoms. The first-order chi connectivity index (χ1) is 14.6. The maximum atomic E-state index is 13.1. The van der Waals surface area contributed by atoms with E-state index in [4.69, 9.17) is 0 Å². The van der Waals surface area contributed by atoms with Crippen molar-refractivity contribution in [2.24, 2.45) is 0 Å². The number of hydrogen-bond acceptors (Lipinski definition) is 4. The molecule has 0 saturated carbocycles. The molecule has 0 spiro atoms. The molecule has 8 nitrogen and oxygen atoms in total. The minimum atomic E-state index is -3.81. The summed E-state index contributed by atoms with van der Waals surface area (Å²) in [7, 11) is 2.52. The van der Waals surface area contributed by atoms with Crippen LogP contribution < -0.4 is 0 Å². The molecule has 2 N–H and O–H groups in total. The summed E-state index contributed by atoms with van der Waals surface area (Å²) >= 11 is 0. The number of fused-ring (bicyclic) bond motifs is 2. The van der Waals surface area contributed by atoms with Crippen molar-refractivity contribution in [3.63, 3.8) is 0 Å². The lowest BCUT2D eigenvalue weighted by Gasteiger charge is -2.35. The van der Waals surface area contributed by atoms with E-state index in [-0.39, 0.29) is 11.7 Å². The van der Waals surface area contributed by atoms with Gasteiger partial charge in [-0.15, -0.1) is 0 Å². The SMILES string of the molecule is CN(C)C(=O)c1ccc2c(c1)C=CN(S(=O)(=O)N(C)C)C2c1c[nH]c2c(O)cccc12. The Hall–Kier alpha value is -3.30. The van der Waals surface area contributed by atoms with Gasteiger partial charge >= 0.3 is 10.2 Å². The second kappa shape index (κ2) is 7.44. The molecule has 3 aromatic rings. The minimum absolute atomic E-state index is 0.0873. The highest BCUT2D eigenvalue weighted by Gasteiger charge is 2.36. The maximum Gasteiger partial charge on any atom is 0.303 e. The Kier molecular flexibility index (Phi) is 5.03. The van der Waals surface area contributed by atoms with Gasteiger partial charge in [-0.3, -0.25) is 9.10 Å². The van der Waals surface area contributed by atoms with Gasteiger partial charge in [0.1, 0.15) is 5.75 Å². The quantitative estimate of drug-likeness (QED) is 0.652. The van der Waals surface area contributed by atoms with E-state index in [1.807, 2.05) is 6.07 Å². The van der Waals surface area contributed by atoms with Gasteiger partial charge in [-0.1, -0.05) is 18.2 Å². The summed E-state index contributed by atoms with van der Waals surface area (Å²) in [4.78, 5) is 17.0. The zero-order chi connectivity index (χ0) is 22.5. The molecule has 1 atom stereocenters. The number of nitrogens with one attached hydrogen (secondary N) is 1. The van der Waals surface area contributed by atoms with Gasteiger partial charge in [0.05, 0.1) is 11.6 Å². The van der Waals surface area contributed by atoms with Crippen molar-refractivity contribution >= 4 is 33.1 Å². The van der Waals surface area contributed by atoms with Crippen LogP contribution >= 0.6 is 0 Å². The Labute approximate surface area is 181 Å². The van der Waals surface area contributed by atoms with Crippen LogP contribution in [0.25, 0.3) is 17.0 Å². The number of phenols is 1. The van der Waals surface area contributed by atoms with Crippen LogP contribution in [0.5, 0.6) is 5.75 Å². The third-order valence-electron chi connectivity index (χ3n) is 5.44. The van der Waals surface area contributed by atoms with Crippen molar-refractivity contribution in [2.45, 2.75) is 6.04 Å². The second-order valence-electron chi connectivity index (χ2n) is 7.83. The lowest BCUT2D eigenvalue weighted by atomic mass is 9.90. The van der Waals surface area contributed by atoms with E-state index in [0.29, 0.717) is 16.6 Å². The number of nitrogens with zero attached hydrogens (tertiary/aromatic N) is 3. The van der Waals surface area contributed by atoms with Crippen molar-refractivity contribution < 1.29 is 18.3 Å². The average molecular weight is 441 g/mol. The Bertz CT molecular complexity index is 1310. The number of aromatic amines is 1. The Morgan fingerprint density at radius 1 is 1.10 bits per heavy atom. The molecule has 162 valence electrons. The second-order valence-corrected chi connectivity index (χ2v) is 9.87. The molecule has 1 aromatic heterocycles. The van der Waals surface area contributed by atoms with Crippen LogP contribution in [-0.2, 0) is 10.2 Å². The predicted octanol–water partition coefficient (Wildman–Crippen LogP) is 2.76. The summed E-state index contributed by atoms with van der Waals surface area (Å²) in [5.41, 5.74) is 3.27. The van der Waals surface area contributed by atoms with Crippen molar-refractivity contribution in [1.82, 2.24) is 18.5 Å². The Morgan fingerprint density at radius 3 is 2.52 bits per heavy atom. The predicted molar refractivity (Wildman–Crippen MR) is 120 cm³/mol. The highest BCUT2D eigenvalue weighted by atomic mass is 32.2. The third-order valence-corrected chi connectivity index (χ3v) is 7.23. The van der Waals surface area contributed by atoms with E-state index in [1.165, 1.54) is 29.5 Å². The fourth-order valence-corrected chi connectivity index (χ4v) is 4.91. The number of H-pyrrole nitrogens is 1. The molecule has 31 heavy (non-hydrogen) atoms. The van der Waals surface area contributed by atoms with Crippen molar-refractivity contribution in [3.8, 4) is 5.75 Å². The summed E-state index contributed by atoms with van der Waals surface area (Å²) < 4.78 is 28.8. The number of carbonyl (C=O) groups is 1. The van der Waals surface area contributed by atoms with Crippen LogP contribution in [0.2, 0.25) is 0 Å². The number of para-hydroxylation sites is 1. The van der Waals surface area contributed by atoms with E-state index in [2.05, 4.69) is 4.98 Å². The van der Waals surface area contributed by atoms with Gasteiger partial charge in [0.25, 0.3) is 5.91 Å². The topological polar surface area (TPSA) is 97.0 Å². The van der Waals surface area contributed by atoms with E-state index >= 15 is 0 Å².